The zero-order valence-corrected chi connectivity index (χ0v) is 14.7. The minimum Gasteiger partial charge on any atom is -0.300 e. The molecule has 4 rings (SSSR count). The van der Waals surface area contributed by atoms with E-state index in [4.69, 9.17) is 0 Å². The number of fused-ring (bicyclic) bond motifs is 1. The maximum atomic E-state index is 4.40. The first-order chi connectivity index (χ1) is 11.8. The lowest BCUT2D eigenvalue weighted by Crippen LogP contribution is -2.42. The second kappa shape index (κ2) is 7.06. The molecule has 1 aromatic carbocycles. The Morgan fingerprint density at radius 2 is 1.75 bits per heavy atom. The molecule has 0 spiro atoms. The van der Waals surface area contributed by atoms with Gasteiger partial charge in [0.25, 0.3) is 0 Å². The molecule has 2 aliphatic rings. The van der Waals surface area contributed by atoms with E-state index in [0.717, 1.165) is 12.1 Å². The first kappa shape index (κ1) is 15.8. The fourth-order valence-electron chi connectivity index (χ4n) is 4.27. The highest BCUT2D eigenvalue weighted by molar-refractivity contribution is 5.33. The lowest BCUT2D eigenvalue weighted by atomic mass is 10.0. The fraction of sp³-hybridized carbons (Fsp3) is 0.600. The number of nitrogens with zero attached hydrogens (tertiary/aromatic N) is 4. The summed E-state index contributed by atoms with van der Waals surface area (Å²) < 4.78 is 2.13. The molecule has 4 heteroatoms. The number of benzene rings is 1. The third-order valence-corrected chi connectivity index (χ3v) is 5.76. The summed E-state index contributed by atoms with van der Waals surface area (Å²) in [6.45, 7) is 4.60. The van der Waals surface area contributed by atoms with E-state index in [9.17, 15) is 0 Å². The molecule has 0 saturated carbocycles. The van der Waals surface area contributed by atoms with Crippen LogP contribution in [0.15, 0.2) is 30.5 Å². The summed E-state index contributed by atoms with van der Waals surface area (Å²) in [5.74, 6) is 0. The SMILES string of the molecule is CCCCc1cn(C2CCN(C3Cc4ccccc4C3)CC2)nn1. The number of unbranched alkanes of at least 4 members (excludes halogenated alkanes) is 1. The Labute approximate surface area is 144 Å². The molecule has 0 unspecified atom stereocenters. The highest BCUT2D eigenvalue weighted by Gasteiger charge is 2.30. The van der Waals surface area contributed by atoms with Crippen LogP contribution in [0, 0.1) is 0 Å². The van der Waals surface area contributed by atoms with E-state index in [1.807, 2.05) is 0 Å². The fourth-order valence-corrected chi connectivity index (χ4v) is 4.27. The Morgan fingerprint density at radius 1 is 1.04 bits per heavy atom. The summed E-state index contributed by atoms with van der Waals surface area (Å²) in [5.41, 5.74) is 4.27. The van der Waals surface area contributed by atoms with Crippen LogP contribution in [0.5, 0.6) is 0 Å². The summed E-state index contributed by atoms with van der Waals surface area (Å²) in [6, 6.07) is 10.2. The third-order valence-electron chi connectivity index (χ3n) is 5.76. The van der Waals surface area contributed by atoms with Gasteiger partial charge in [0.2, 0.25) is 0 Å². The predicted octanol–water partition coefficient (Wildman–Crippen LogP) is 3.43. The van der Waals surface area contributed by atoms with Gasteiger partial charge in [0.1, 0.15) is 0 Å². The molecule has 2 aromatic rings. The van der Waals surface area contributed by atoms with Crippen LogP contribution >= 0.6 is 0 Å². The van der Waals surface area contributed by atoms with Crippen molar-refractivity contribution in [1.82, 2.24) is 19.9 Å². The molecule has 0 atom stereocenters. The second-order valence-electron chi connectivity index (χ2n) is 7.39. The van der Waals surface area contributed by atoms with Crippen LogP contribution < -0.4 is 0 Å². The van der Waals surface area contributed by atoms with Crippen LogP contribution in [-0.4, -0.2) is 39.0 Å². The summed E-state index contributed by atoms with van der Waals surface area (Å²) in [5, 5.41) is 8.75. The summed E-state index contributed by atoms with van der Waals surface area (Å²) >= 11 is 0. The van der Waals surface area contributed by atoms with Crippen LogP contribution in [-0.2, 0) is 19.3 Å². The molecular weight excluding hydrogens is 296 g/mol. The Bertz CT molecular complexity index is 645. The number of piperidine rings is 1. The smallest absolute Gasteiger partial charge is 0.0827 e. The Balaban J connectivity index is 1.32. The molecule has 4 nitrogen and oxygen atoms in total. The largest absolute Gasteiger partial charge is 0.300 e. The number of aryl methyl sites for hydroxylation is 1. The average molecular weight is 324 g/mol. The van der Waals surface area contributed by atoms with E-state index in [0.29, 0.717) is 12.1 Å². The molecule has 1 saturated heterocycles. The van der Waals surface area contributed by atoms with Gasteiger partial charge in [0.15, 0.2) is 0 Å². The van der Waals surface area contributed by atoms with Gasteiger partial charge < -0.3 is 0 Å². The monoisotopic (exact) mass is 324 g/mol. The average Bonchev–Trinajstić information content (AvgIpc) is 3.27. The van der Waals surface area contributed by atoms with Gasteiger partial charge in [-0.05, 0) is 49.7 Å². The van der Waals surface area contributed by atoms with Crippen molar-refractivity contribution in [1.29, 1.82) is 0 Å². The first-order valence-corrected chi connectivity index (χ1v) is 9.55. The summed E-state index contributed by atoms with van der Waals surface area (Å²) in [6.07, 6.45) is 10.5. The Kier molecular flexibility index (Phi) is 4.65. The molecule has 1 aromatic heterocycles. The van der Waals surface area contributed by atoms with E-state index in [1.165, 1.54) is 51.6 Å². The number of hydrogen-bond acceptors (Lipinski definition) is 3. The van der Waals surface area contributed by atoms with Crippen molar-refractivity contribution in [2.24, 2.45) is 0 Å². The van der Waals surface area contributed by atoms with Crippen LogP contribution in [0.1, 0.15) is 55.5 Å². The molecule has 1 aliphatic heterocycles. The van der Waals surface area contributed by atoms with E-state index in [-0.39, 0.29) is 0 Å². The zero-order chi connectivity index (χ0) is 16.4. The molecule has 1 aliphatic carbocycles. The van der Waals surface area contributed by atoms with E-state index < -0.39 is 0 Å². The highest BCUT2D eigenvalue weighted by atomic mass is 15.4. The van der Waals surface area contributed by atoms with E-state index in [1.54, 1.807) is 11.1 Å². The van der Waals surface area contributed by atoms with Crippen LogP contribution in [0.3, 0.4) is 0 Å². The van der Waals surface area contributed by atoms with Gasteiger partial charge in [0.05, 0.1) is 11.7 Å². The van der Waals surface area contributed by atoms with E-state index >= 15 is 0 Å². The molecule has 24 heavy (non-hydrogen) atoms. The molecule has 0 amide bonds. The molecule has 0 radical (unpaired) electrons. The van der Waals surface area contributed by atoms with Gasteiger partial charge in [0, 0.05) is 25.3 Å². The minimum atomic E-state index is 0.535. The first-order valence-electron chi connectivity index (χ1n) is 9.55. The normalized spacial score (nSPS) is 19.7. The zero-order valence-electron chi connectivity index (χ0n) is 14.7. The quantitative estimate of drug-likeness (QED) is 0.845. The highest BCUT2D eigenvalue weighted by Crippen LogP contribution is 2.30. The van der Waals surface area contributed by atoms with Crippen molar-refractivity contribution in [2.45, 2.75) is 64.0 Å². The standard InChI is InChI=1S/C20H28N4/c1-2-3-8-18-15-24(22-21-18)19-9-11-23(12-10-19)20-13-16-6-4-5-7-17(16)14-20/h4-7,15,19-20H,2-3,8-14H2,1H3. The van der Waals surface area contributed by atoms with Crippen molar-refractivity contribution in [3.05, 3.63) is 47.3 Å². The van der Waals surface area contributed by atoms with Gasteiger partial charge in [-0.2, -0.15) is 0 Å². The predicted molar refractivity (Wildman–Crippen MR) is 96.1 cm³/mol. The lowest BCUT2D eigenvalue weighted by molar-refractivity contribution is 0.133. The third kappa shape index (κ3) is 3.25. The molecular formula is C20H28N4. The number of rotatable bonds is 5. The molecule has 0 N–H and O–H groups in total. The van der Waals surface area contributed by atoms with Crippen molar-refractivity contribution in [3.63, 3.8) is 0 Å². The minimum absolute atomic E-state index is 0.535. The number of likely N-dealkylation sites (tertiary alicyclic amines) is 1. The van der Waals surface area contributed by atoms with Crippen molar-refractivity contribution in [3.8, 4) is 0 Å². The summed E-state index contributed by atoms with van der Waals surface area (Å²) in [4.78, 5) is 2.70. The lowest BCUT2D eigenvalue weighted by Gasteiger charge is -2.35. The van der Waals surface area contributed by atoms with Crippen LogP contribution in [0.25, 0.3) is 0 Å². The molecule has 1 fully saturated rings. The Morgan fingerprint density at radius 3 is 2.42 bits per heavy atom. The Hall–Kier alpha value is -1.68. The van der Waals surface area contributed by atoms with Gasteiger partial charge in [-0.1, -0.05) is 42.8 Å². The maximum Gasteiger partial charge on any atom is 0.0827 e. The van der Waals surface area contributed by atoms with Gasteiger partial charge >= 0.3 is 0 Å². The molecule has 0 bridgehead atoms. The molecule has 2 heterocycles. The maximum absolute atomic E-state index is 4.40. The molecule has 128 valence electrons. The van der Waals surface area contributed by atoms with Gasteiger partial charge in [-0.15, -0.1) is 5.10 Å². The van der Waals surface area contributed by atoms with Crippen molar-refractivity contribution in [2.75, 3.05) is 13.1 Å². The van der Waals surface area contributed by atoms with E-state index in [2.05, 4.69) is 57.3 Å². The van der Waals surface area contributed by atoms with Gasteiger partial charge in [-0.3, -0.25) is 4.90 Å². The summed E-state index contributed by atoms with van der Waals surface area (Å²) in [7, 11) is 0. The van der Waals surface area contributed by atoms with Crippen molar-refractivity contribution >= 4 is 0 Å². The van der Waals surface area contributed by atoms with Crippen LogP contribution in [0.2, 0.25) is 0 Å². The van der Waals surface area contributed by atoms with Crippen molar-refractivity contribution < 1.29 is 0 Å². The number of aromatic nitrogens is 3. The second-order valence-corrected chi connectivity index (χ2v) is 7.39. The van der Waals surface area contributed by atoms with Crippen LogP contribution in [0.4, 0.5) is 0 Å². The van der Waals surface area contributed by atoms with Gasteiger partial charge in [-0.25, -0.2) is 4.68 Å². The number of hydrogen-bond donors (Lipinski definition) is 0. The topological polar surface area (TPSA) is 34.0 Å².